The fraction of sp³-hybridized carbons (Fsp3) is 0.611. The van der Waals surface area contributed by atoms with E-state index in [4.69, 9.17) is 5.73 Å². The highest BCUT2D eigenvalue weighted by Crippen LogP contribution is 2.14. The Morgan fingerprint density at radius 3 is 2.33 bits per heavy atom. The summed E-state index contributed by atoms with van der Waals surface area (Å²) in [7, 11) is 0. The van der Waals surface area contributed by atoms with E-state index in [1.54, 1.807) is 0 Å². The molecule has 0 heterocycles. The van der Waals surface area contributed by atoms with E-state index in [1.165, 1.54) is 25.7 Å². The molecule has 0 saturated carbocycles. The maximum absolute atomic E-state index is 11.9. The van der Waals surface area contributed by atoms with Gasteiger partial charge < -0.3 is 11.1 Å². The van der Waals surface area contributed by atoms with Crippen molar-refractivity contribution in [2.75, 3.05) is 0 Å². The standard InChI is InChI=1S/C18H30N2O/c1-3-4-5-6-7-8-9-18(21)20-15(2)17-12-10-16(14-19)11-13-17/h10-13,15H,3-9,14,19H2,1-2H3,(H,20,21). The number of rotatable bonds is 10. The minimum absolute atomic E-state index is 0.0596. The molecule has 3 nitrogen and oxygen atoms in total. The van der Waals surface area contributed by atoms with Crippen molar-refractivity contribution in [3.63, 3.8) is 0 Å². The molecule has 1 amide bonds. The van der Waals surface area contributed by atoms with Gasteiger partial charge in [0.15, 0.2) is 0 Å². The lowest BCUT2D eigenvalue weighted by molar-refractivity contribution is -0.121. The van der Waals surface area contributed by atoms with E-state index < -0.39 is 0 Å². The Bertz CT molecular complexity index is 400. The number of amides is 1. The first kappa shape index (κ1) is 17.7. The molecule has 1 aromatic carbocycles. The van der Waals surface area contributed by atoms with Gasteiger partial charge in [-0.05, 0) is 24.5 Å². The van der Waals surface area contributed by atoms with Gasteiger partial charge in [-0.15, -0.1) is 0 Å². The van der Waals surface area contributed by atoms with Gasteiger partial charge >= 0.3 is 0 Å². The molecule has 0 spiro atoms. The first-order valence-electron chi connectivity index (χ1n) is 8.25. The highest BCUT2D eigenvalue weighted by molar-refractivity contribution is 5.76. The number of hydrogen-bond donors (Lipinski definition) is 2. The molecule has 3 heteroatoms. The fourth-order valence-corrected chi connectivity index (χ4v) is 2.41. The quantitative estimate of drug-likeness (QED) is 0.638. The molecule has 1 atom stereocenters. The van der Waals surface area contributed by atoms with E-state index in [-0.39, 0.29) is 11.9 Å². The Labute approximate surface area is 129 Å². The summed E-state index contributed by atoms with van der Waals surface area (Å²) in [6.07, 6.45) is 7.90. The molecule has 1 unspecified atom stereocenters. The summed E-state index contributed by atoms with van der Waals surface area (Å²) in [6, 6.07) is 8.18. The molecule has 1 rings (SSSR count). The Morgan fingerprint density at radius 1 is 1.10 bits per heavy atom. The minimum Gasteiger partial charge on any atom is -0.350 e. The zero-order chi connectivity index (χ0) is 15.5. The second kappa shape index (κ2) is 10.4. The second-order valence-corrected chi connectivity index (χ2v) is 5.75. The summed E-state index contributed by atoms with van der Waals surface area (Å²) in [6.45, 7) is 4.80. The molecule has 0 aliphatic heterocycles. The van der Waals surface area contributed by atoms with E-state index >= 15 is 0 Å². The molecule has 21 heavy (non-hydrogen) atoms. The van der Waals surface area contributed by atoms with Crippen LogP contribution < -0.4 is 11.1 Å². The zero-order valence-corrected chi connectivity index (χ0v) is 13.5. The van der Waals surface area contributed by atoms with Crippen LogP contribution in [-0.2, 0) is 11.3 Å². The maximum Gasteiger partial charge on any atom is 0.220 e. The largest absolute Gasteiger partial charge is 0.350 e. The second-order valence-electron chi connectivity index (χ2n) is 5.75. The summed E-state index contributed by atoms with van der Waals surface area (Å²) in [5, 5.41) is 3.07. The summed E-state index contributed by atoms with van der Waals surface area (Å²) in [5.74, 6) is 0.154. The predicted molar refractivity (Wildman–Crippen MR) is 88.9 cm³/mol. The number of carbonyl (C=O) groups excluding carboxylic acids is 1. The average Bonchev–Trinajstić information content (AvgIpc) is 2.50. The van der Waals surface area contributed by atoms with E-state index in [0.717, 1.165) is 24.0 Å². The molecule has 0 aliphatic carbocycles. The lowest BCUT2D eigenvalue weighted by Crippen LogP contribution is -2.26. The van der Waals surface area contributed by atoms with E-state index in [2.05, 4.69) is 12.2 Å². The summed E-state index contributed by atoms with van der Waals surface area (Å²) >= 11 is 0. The van der Waals surface area contributed by atoms with Crippen LogP contribution in [0.5, 0.6) is 0 Å². The van der Waals surface area contributed by atoms with Gasteiger partial charge in [0, 0.05) is 13.0 Å². The number of nitrogens with one attached hydrogen (secondary N) is 1. The van der Waals surface area contributed by atoms with Crippen LogP contribution in [0.25, 0.3) is 0 Å². The number of benzene rings is 1. The van der Waals surface area contributed by atoms with Gasteiger partial charge in [-0.1, -0.05) is 63.3 Å². The van der Waals surface area contributed by atoms with Gasteiger partial charge in [0.05, 0.1) is 6.04 Å². The molecular weight excluding hydrogens is 260 g/mol. The van der Waals surface area contributed by atoms with Crippen molar-refractivity contribution < 1.29 is 4.79 Å². The molecule has 0 aromatic heterocycles. The fourth-order valence-electron chi connectivity index (χ4n) is 2.41. The highest BCUT2D eigenvalue weighted by Gasteiger charge is 2.09. The van der Waals surface area contributed by atoms with Crippen molar-refractivity contribution in [2.45, 2.75) is 71.4 Å². The van der Waals surface area contributed by atoms with Crippen LogP contribution in [0.2, 0.25) is 0 Å². The van der Waals surface area contributed by atoms with Crippen molar-refractivity contribution in [1.29, 1.82) is 0 Å². The summed E-state index contributed by atoms with van der Waals surface area (Å²) in [5.41, 5.74) is 7.83. The van der Waals surface area contributed by atoms with Gasteiger partial charge in [-0.2, -0.15) is 0 Å². The Hall–Kier alpha value is -1.35. The van der Waals surface area contributed by atoms with Gasteiger partial charge in [-0.25, -0.2) is 0 Å². The molecule has 118 valence electrons. The lowest BCUT2D eigenvalue weighted by atomic mass is 10.1. The molecule has 0 saturated heterocycles. The van der Waals surface area contributed by atoms with Crippen LogP contribution in [0.15, 0.2) is 24.3 Å². The van der Waals surface area contributed by atoms with Gasteiger partial charge in [0.2, 0.25) is 5.91 Å². The Kier molecular flexibility index (Phi) is 8.76. The van der Waals surface area contributed by atoms with Crippen LogP contribution in [0, 0.1) is 0 Å². The highest BCUT2D eigenvalue weighted by atomic mass is 16.1. The third-order valence-corrected chi connectivity index (χ3v) is 3.85. The average molecular weight is 290 g/mol. The molecule has 0 radical (unpaired) electrons. The van der Waals surface area contributed by atoms with Crippen molar-refractivity contribution in [2.24, 2.45) is 5.73 Å². The predicted octanol–water partition coefficient (Wildman–Crippen LogP) is 4.07. The third-order valence-electron chi connectivity index (χ3n) is 3.85. The summed E-state index contributed by atoms with van der Waals surface area (Å²) in [4.78, 5) is 11.9. The lowest BCUT2D eigenvalue weighted by Gasteiger charge is -2.14. The third kappa shape index (κ3) is 7.28. The number of hydrogen-bond acceptors (Lipinski definition) is 2. The van der Waals surface area contributed by atoms with Gasteiger partial charge in [-0.3, -0.25) is 4.79 Å². The van der Waals surface area contributed by atoms with Gasteiger partial charge in [0.1, 0.15) is 0 Å². The molecule has 3 N–H and O–H groups in total. The van der Waals surface area contributed by atoms with Crippen LogP contribution in [0.4, 0.5) is 0 Å². The first-order chi connectivity index (χ1) is 10.2. The van der Waals surface area contributed by atoms with Crippen LogP contribution >= 0.6 is 0 Å². The van der Waals surface area contributed by atoms with Gasteiger partial charge in [0.25, 0.3) is 0 Å². The molecule has 0 fully saturated rings. The Morgan fingerprint density at radius 2 is 1.71 bits per heavy atom. The first-order valence-corrected chi connectivity index (χ1v) is 8.25. The van der Waals surface area contributed by atoms with Crippen LogP contribution in [0.3, 0.4) is 0 Å². The van der Waals surface area contributed by atoms with Crippen molar-refractivity contribution in [3.05, 3.63) is 35.4 Å². The van der Waals surface area contributed by atoms with E-state index in [9.17, 15) is 4.79 Å². The summed E-state index contributed by atoms with van der Waals surface area (Å²) < 4.78 is 0. The number of nitrogens with two attached hydrogens (primary N) is 1. The van der Waals surface area contributed by atoms with E-state index in [1.807, 2.05) is 31.2 Å². The molecule has 0 bridgehead atoms. The Balaban J connectivity index is 2.23. The zero-order valence-electron chi connectivity index (χ0n) is 13.5. The van der Waals surface area contributed by atoms with Crippen LogP contribution in [-0.4, -0.2) is 5.91 Å². The van der Waals surface area contributed by atoms with E-state index in [0.29, 0.717) is 13.0 Å². The molecular formula is C18H30N2O. The molecule has 0 aliphatic rings. The monoisotopic (exact) mass is 290 g/mol. The topological polar surface area (TPSA) is 55.1 Å². The normalized spacial score (nSPS) is 12.1. The van der Waals surface area contributed by atoms with Crippen molar-refractivity contribution in [1.82, 2.24) is 5.32 Å². The smallest absolute Gasteiger partial charge is 0.220 e. The SMILES string of the molecule is CCCCCCCCC(=O)NC(C)c1ccc(CN)cc1. The van der Waals surface area contributed by atoms with Crippen molar-refractivity contribution >= 4 is 5.91 Å². The van der Waals surface area contributed by atoms with Crippen molar-refractivity contribution in [3.8, 4) is 0 Å². The maximum atomic E-state index is 11.9. The molecule has 1 aromatic rings. The number of unbranched alkanes of at least 4 members (excludes halogenated alkanes) is 5. The number of carbonyl (C=O) groups is 1. The van der Waals surface area contributed by atoms with Crippen LogP contribution in [0.1, 0.15) is 76.0 Å². The minimum atomic E-state index is 0.0596.